The normalized spacial score (nSPS) is 36.2. The molecular formula is C27H38N2O2. The number of esters is 1. The topological polar surface area (TPSA) is 32.8 Å². The van der Waals surface area contributed by atoms with Crippen LogP contribution < -0.4 is 4.90 Å². The van der Waals surface area contributed by atoms with E-state index >= 15 is 0 Å². The maximum absolute atomic E-state index is 12.9. The smallest absolute Gasteiger partial charge is 0.310 e. The van der Waals surface area contributed by atoms with E-state index in [0.29, 0.717) is 11.8 Å². The molecule has 0 spiro atoms. The van der Waals surface area contributed by atoms with E-state index in [0.717, 1.165) is 52.0 Å². The van der Waals surface area contributed by atoms with Gasteiger partial charge < -0.3 is 9.64 Å². The standard InChI is InChI=1S/C27H38N2O2/c1-18-7-5-9-24(20(18)3)29-13-11-28(12-14-29)17-22-21-15-23-19(2)8-6-10-27(23,4)16-25(21)31-26(22)30/h5,7,9,21-23,25H,2,6,8,10-17H2,1,3-4H3/t21-,22+,23-,25-,27-/m1/s1. The molecule has 0 N–H and O–H groups in total. The van der Waals surface area contributed by atoms with Crippen molar-refractivity contribution in [1.29, 1.82) is 0 Å². The number of allylic oxidation sites excluding steroid dienone is 1. The van der Waals surface area contributed by atoms with E-state index in [1.807, 2.05) is 0 Å². The zero-order valence-corrected chi connectivity index (χ0v) is 19.5. The Balaban J connectivity index is 1.23. The number of hydrogen-bond donors (Lipinski definition) is 0. The van der Waals surface area contributed by atoms with Crippen LogP contribution in [0.25, 0.3) is 0 Å². The molecule has 0 unspecified atom stereocenters. The van der Waals surface area contributed by atoms with Crippen molar-refractivity contribution in [2.75, 3.05) is 37.6 Å². The first kappa shape index (κ1) is 21.1. The van der Waals surface area contributed by atoms with E-state index in [2.05, 4.69) is 55.3 Å². The first-order valence-corrected chi connectivity index (χ1v) is 12.3. The van der Waals surface area contributed by atoms with Gasteiger partial charge in [-0.15, -0.1) is 0 Å². The summed E-state index contributed by atoms with van der Waals surface area (Å²) in [6.45, 7) is 16.2. The van der Waals surface area contributed by atoms with Crippen molar-refractivity contribution >= 4 is 11.7 Å². The van der Waals surface area contributed by atoms with Crippen LogP contribution in [0.2, 0.25) is 0 Å². The minimum absolute atomic E-state index is 0.0385. The summed E-state index contributed by atoms with van der Waals surface area (Å²) in [6.07, 6.45) is 5.91. The van der Waals surface area contributed by atoms with Gasteiger partial charge in [-0.1, -0.05) is 31.2 Å². The van der Waals surface area contributed by atoms with Gasteiger partial charge in [0.2, 0.25) is 0 Å². The summed E-state index contributed by atoms with van der Waals surface area (Å²) in [4.78, 5) is 17.9. The molecule has 4 heteroatoms. The number of rotatable bonds is 3. The Kier molecular flexibility index (Phi) is 5.40. The largest absolute Gasteiger partial charge is 0.462 e. The Labute approximate surface area is 187 Å². The third-order valence-electron chi connectivity index (χ3n) is 9.06. The lowest BCUT2D eigenvalue weighted by Crippen LogP contribution is -2.50. The molecule has 2 aliphatic carbocycles. The highest BCUT2D eigenvalue weighted by Crippen LogP contribution is 2.56. The summed E-state index contributed by atoms with van der Waals surface area (Å²) >= 11 is 0. The van der Waals surface area contributed by atoms with E-state index in [9.17, 15) is 4.79 Å². The number of fused-ring (bicyclic) bond motifs is 2. The van der Waals surface area contributed by atoms with Crippen molar-refractivity contribution in [2.24, 2.45) is 23.2 Å². The quantitative estimate of drug-likeness (QED) is 0.520. The van der Waals surface area contributed by atoms with Gasteiger partial charge in [0.1, 0.15) is 6.10 Å². The molecule has 0 aromatic heterocycles. The molecule has 31 heavy (non-hydrogen) atoms. The van der Waals surface area contributed by atoms with Gasteiger partial charge >= 0.3 is 5.97 Å². The predicted molar refractivity (Wildman–Crippen MR) is 125 cm³/mol. The van der Waals surface area contributed by atoms with Crippen molar-refractivity contribution in [3.05, 3.63) is 41.5 Å². The number of benzene rings is 1. The van der Waals surface area contributed by atoms with Gasteiger partial charge in [0.25, 0.3) is 0 Å². The Morgan fingerprint density at radius 1 is 1.19 bits per heavy atom. The second kappa shape index (κ2) is 7.95. The molecule has 4 fully saturated rings. The molecule has 2 saturated heterocycles. The zero-order valence-electron chi connectivity index (χ0n) is 19.5. The maximum atomic E-state index is 12.9. The molecule has 1 aromatic carbocycles. The van der Waals surface area contributed by atoms with Crippen molar-refractivity contribution in [3.63, 3.8) is 0 Å². The minimum atomic E-state index is 0.0385. The highest BCUT2D eigenvalue weighted by Gasteiger charge is 2.55. The molecule has 4 aliphatic rings. The fourth-order valence-electron chi connectivity index (χ4n) is 6.99. The van der Waals surface area contributed by atoms with Crippen molar-refractivity contribution < 1.29 is 9.53 Å². The van der Waals surface area contributed by atoms with Gasteiger partial charge in [-0.25, -0.2) is 0 Å². The molecule has 2 saturated carbocycles. The molecule has 0 amide bonds. The third-order valence-corrected chi connectivity index (χ3v) is 9.06. The molecule has 168 valence electrons. The average molecular weight is 423 g/mol. The van der Waals surface area contributed by atoms with Crippen molar-refractivity contribution in [2.45, 2.75) is 59.0 Å². The van der Waals surface area contributed by atoms with Gasteiger partial charge in [0.05, 0.1) is 5.92 Å². The lowest BCUT2D eigenvalue weighted by Gasteiger charge is -2.50. The number of piperazine rings is 1. The van der Waals surface area contributed by atoms with Crippen LogP contribution in [0.3, 0.4) is 0 Å². The summed E-state index contributed by atoms with van der Waals surface area (Å²) in [5.74, 6) is 1.04. The fourth-order valence-corrected chi connectivity index (χ4v) is 6.99. The van der Waals surface area contributed by atoms with E-state index < -0.39 is 0 Å². The molecule has 4 nitrogen and oxygen atoms in total. The van der Waals surface area contributed by atoms with E-state index in [-0.39, 0.29) is 23.4 Å². The number of carbonyl (C=O) groups is 1. The van der Waals surface area contributed by atoms with E-state index in [1.165, 1.54) is 35.2 Å². The number of nitrogens with zero attached hydrogens (tertiary/aromatic N) is 2. The fraction of sp³-hybridized carbons (Fsp3) is 0.667. The second-order valence-corrected chi connectivity index (χ2v) is 10.9. The Bertz CT molecular complexity index is 872. The summed E-state index contributed by atoms with van der Waals surface area (Å²) < 4.78 is 5.98. The van der Waals surface area contributed by atoms with Gasteiger partial charge in [-0.2, -0.15) is 0 Å². The van der Waals surface area contributed by atoms with Crippen molar-refractivity contribution in [1.82, 2.24) is 4.90 Å². The second-order valence-electron chi connectivity index (χ2n) is 10.9. The summed E-state index contributed by atoms with van der Waals surface area (Å²) in [7, 11) is 0. The van der Waals surface area contributed by atoms with Gasteiger partial charge in [0, 0.05) is 44.3 Å². The number of hydrogen-bond acceptors (Lipinski definition) is 4. The molecule has 1 aromatic rings. The number of anilines is 1. The van der Waals surface area contributed by atoms with E-state index in [1.54, 1.807) is 0 Å². The molecule has 2 aliphatic heterocycles. The SMILES string of the molecule is C=C1CCC[C@]2(C)C[C@H]3OC(=O)[C@@H](CN4CCN(c5cccc(C)c5C)CC4)[C@H]3C[C@H]12. The number of aryl methyl sites for hydroxylation is 1. The van der Waals surface area contributed by atoms with Gasteiger partial charge in [0.15, 0.2) is 0 Å². The Hall–Kier alpha value is -1.81. The molecule has 5 rings (SSSR count). The lowest BCUT2D eigenvalue weighted by molar-refractivity contribution is -0.146. The summed E-state index contributed by atoms with van der Waals surface area (Å²) in [5, 5.41) is 0. The van der Waals surface area contributed by atoms with Crippen LogP contribution >= 0.6 is 0 Å². The average Bonchev–Trinajstić information content (AvgIpc) is 3.03. The molecule has 0 bridgehead atoms. The van der Waals surface area contributed by atoms with Crippen LogP contribution in [0, 0.1) is 37.0 Å². The maximum Gasteiger partial charge on any atom is 0.310 e. The first-order chi connectivity index (χ1) is 14.9. The van der Waals surface area contributed by atoms with Crippen LogP contribution in [-0.2, 0) is 9.53 Å². The van der Waals surface area contributed by atoms with Gasteiger partial charge in [-0.05, 0) is 74.5 Å². The number of carbonyl (C=O) groups excluding carboxylic acids is 1. The molecule has 5 atom stereocenters. The van der Waals surface area contributed by atoms with Crippen LogP contribution in [0.4, 0.5) is 5.69 Å². The third kappa shape index (κ3) is 3.71. The van der Waals surface area contributed by atoms with Crippen molar-refractivity contribution in [3.8, 4) is 0 Å². The first-order valence-electron chi connectivity index (χ1n) is 12.3. The molecule has 0 radical (unpaired) electrons. The Morgan fingerprint density at radius 3 is 2.74 bits per heavy atom. The van der Waals surface area contributed by atoms with E-state index in [4.69, 9.17) is 4.74 Å². The van der Waals surface area contributed by atoms with Crippen LogP contribution in [-0.4, -0.2) is 49.7 Å². The summed E-state index contributed by atoms with van der Waals surface area (Å²) in [5.41, 5.74) is 5.81. The van der Waals surface area contributed by atoms with Gasteiger partial charge in [-0.3, -0.25) is 9.69 Å². The van der Waals surface area contributed by atoms with Crippen LogP contribution in [0.5, 0.6) is 0 Å². The predicted octanol–water partition coefficient (Wildman–Crippen LogP) is 4.74. The van der Waals surface area contributed by atoms with Crippen LogP contribution in [0.1, 0.15) is 50.2 Å². The number of ether oxygens (including phenoxy) is 1. The Morgan fingerprint density at radius 2 is 1.97 bits per heavy atom. The highest BCUT2D eigenvalue weighted by molar-refractivity contribution is 5.75. The lowest BCUT2D eigenvalue weighted by atomic mass is 9.55. The van der Waals surface area contributed by atoms with Crippen LogP contribution in [0.15, 0.2) is 30.4 Å². The minimum Gasteiger partial charge on any atom is -0.462 e. The molecular weight excluding hydrogens is 384 g/mol. The monoisotopic (exact) mass is 422 g/mol. The highest BCUT2D eigenvalue weighted by atomic mass is 16.6. The zero-order chi connectivity index (χ0) is 21.8. The molecule has 2 heterocycles. The summed E-state index contributed by atoms with van der Waals surface area (Å²) in [6, 6.07) is 6.59.